The highest BCUT2D eigenvalue weighted by atomic mass is 35.5. The zero-order chi connectivity index (χ0) is 19.0. The van der Waals surface area contributed by atoms with E-state index in [0.717, 1.165) is 11.3 Å². The summed E-state index contributed by atoms with van der Waals surface area (Å²) in [5.74, 6) is -0.944. The van der Waals surface area contributed by atoms with Crippen molar-refractivity contribution >= 4 is 34.8 Å². The Morgan fingerprint density at radius 3 is 2.70 bits per heavy atom. The molecule has 1 amide bonds. The number of nitrogens with one attached hydrogen (secondary N) is 1. The molecule has 1 aliphatic heterocycles. The predicted octanol–water partition coefficient (Wildman–Crippen LogP) is 4.85. The molecule has 8 heteroatoms. The minimum atomic E-state index is -0.544. The molecule has 138 valence electrons. The quantitative estimate of drug-likeness (QED) is 0.677. The summed E-state index contributed by atoms with van der Waals surface area (Å²) in [7, 11) is 0. The number of carbonyl (C=O) groups is 1. The number of aromatic nitrogens is 2. The summed E-state index contributed by atoms with van der Waals surface area (Å²) in [4.78, 5) is 12.4. The fourth-order valence-corrected chi connectivity index (χ4v) is 3.19. The fourth-order valence-electron chi connectivity index (χ4n) is 2.88. The minimum Gasteiger partial charge on any atom is -0.365 e. The van der Waals surface area contributed by atoms with E-state index in [-0.39, 0.29) is 16.8 Å². The van der Waals surface area contributed by atoms with Crippen LogP contribution in [0.1, 0.15) is 27.8 Å². The summed E-state index contributed by atoms with van der Waals surface area (Å²) < 4.78 is 20.9. The lowest BCUT2D eigenvalue weighted by Gasteiger charge is -2.24. The van der Waals surface area contributed by atoms with Crippen molar-refractivity contribution in [1.29, 1.82) is 0 Å². The van der Waals surface area contributed by atoms with E-state index in [4.69, 9.17) is 27.9 Å². The van der Waals surface area contributed by atoms with Gasteiger partial charge < -0.3 is 10.1 Å². The van der Waals surface area contributed by atoms with Gasteiger partial charge in [-0.25, -0.2) is 4.39 Å². The van der Waals surface area contributed by atoms with Crippen molar-refractivity contribution in [3.63, 3.8) is 0 Å². The summed E-state index contributed by atoms with van der Waals surface area (Å²) in [6, 6.07) is 13.1. The van der Waals surface area contributed by atoms with Crippen LogP contribution in [-0.2, 0) is 17.9 Å². The van der Waals surface area contributed by atoms with Gasteiger partial charge in [0.1, 0.15) is 11.9 Å². The summed E-state index contributed by atoms with van der Waals surface area (Å²) >= 11 is 11.7. The van der Waals surface area contributed by atoms with Crippen LogP contribution in [0.15, 0.2) is 48.5 Å². The molecule has 5 nitrogen and oxygen atoms in total. The maximum Gasteiger partial charge on any atom is 0.276 e. The van der Waals surface area contributed by atoms with Crippen molar-refractivity contribution in [3.05, 3.63) is 81.3 Å². The van der Waals surface area contributed by atoms with Gasteiger partial charge in [-0.15, -0.1) is 0 Å². The summed E-state index contributed by atoms with van der Waals surface area (Å²) in [6.45, 7) is 0.836. The molecular weight excluding hydrogens is 392 g/mol. The van der Waals surface area contributed by atoms with Crippen molar-refractivity contribution in [2.24, 2.45) is 0 Å². The van der Waals surface area contributed by atoms with Gasteiger partial charge >= 0.3 is 0 Å². The van der Waals surface area contributed by atoms with Gasteiger partial charge in [-0.1, -0.05) is 35.3 Å². The largest absolute Gasteiger partial charge is 0.365 e. The number of rotatable bonds is 3. The molecule has 0 saturated heterocycles. The number of halogens is 3. The number of carbonyl (C=O) groups excluding carboxylic acids is 1. The zero-order valence-corrected chi connectivity index (χ0v) is 15.5. The second-order valence-electron chi connectivity index (χ2n) is 6.14. The lowest BCUT2D eigenvalue weighted by atomic mass is 10.1. The van der Waals surface area contributed by atoms with Crippen LogP contribution in [-0.4, -0.2) is 15.7 Å². The molecule has 0 bridgehead atoms. The van der Waals surface area contributed by atoms with Crippen molar-refractivity contribution in [3.8, 4) is 0 Å². The molecule has 1 unspecified atom stereocenters. The molecule has 27 heavy (non-hydrogen) atoms. The smallest absolute Gasteiger partial charge is 0.276 e. The van der Waals surface area contributed by atoms with Gasteiger partial charge in [0, 0.05) is 10.7 Å². The Kier molecular flexibility index (Phi) is 4.86. The van der Waals surface area contributed by atoms with E-state index in [1.54, 1.807) is 10.7 Å². The van der Waals surface area contributed by atoms with E-state index in [2.05, 4.69) is 10.4 Å². The number of hydrogen-bond acceptors (Lipinski definition) is 3. The summed E-state index contributed by atoms with van der Waals surface area (Å²) in [6.07, 6.45) is -0.165. The Morgan fingerprint density at radius 1 is 1.19 bits per heavy atom. The van der Waals surface area contributed by atoms with Crippen molar-refractivity contribution in [2.75, 3.05) is 5.32 Å². The number of nitrogens with zero attached hydrogens (tertiary/aromatic N) is 2. The van der Waals surface area contributed by atoms with Gasteiger partial charge in [0.05, 0.1) is 23.9 Å². The van der Waals surface area contributed by atoms with E-state index < -0.39 is 11.7 Å². The zero-order valence-electron chi connectivity index (χ0n) is 14.0. The Labute approximate surface area is 164 Å². The first-order chi connectivity index (χ1) is 13.0. The average molecular weight is 406 g/mol. The maximum absolute atomic E-state index is 13.2. The van der Waals surface area contributed by atoms with Crippen LogP contribution in [0, 0.1) is 5.82 Å². The van der Waals surface area contributed by atoms with Gasteiger partial charge in [0.15, 0.2) is 5.69 Å². The van der Waals surface area contributed by atoms with Gasteiger partial charge in [-0.05, 0) is 42.0 Å². The van der Waals surface area contributed by atoms with Crippen LogP contribution in [0.3, 0.4) is 0 Å². The van der Waals surface area contributed by atoms with E-state index in [9.17, 15) is 9.18 Å². The molecule has 1 atom stereocenters. The van der Waals surface area contributed by atoms with Crippen LogP contribution in [0.5, 0.6) is 0 Å². The molecule has 0 radical (unpaired) electrons. The predicted molar refractivity (Wildman–Crippen MR) is 101 cm³/mol. The molecule has 1 N–H and O–H groups in total. The van der Waals surface area contributed by atoms with Crippen LogP contribution >= 0.6 is 23.2 Å². The SMILES string of the molecule is O=C(Nc1ccc(F)c(Cl)c1)c1cc2n(n1)CC(c1ccc(Cl)cc1)OC2. The number of amides is 1. The standard InChI is InChI=1S/C19H14Cl2FN3O2/c20-12-3-1-11(2-4-12)18-9-25-14(10-27-18)8-17(24-25)19(26)23-13-5-6-16(22)15(21)7-13/h1-8,18H,9-10H2,(H,23,26). The summed E-state index contributed by atoms with van der Waals surface area (Å²) in [5, 5.41) is 7.64. The molecule has 0 saturated carbocycles. The van der Waals surface area contributed by atoms with E-state index in [1.807, 2.05) is 24.3 Å². The Bertz CT molecular complexity index is 1000. The number of hydrogen-bond donors (Lipinski definition) is 1. The maximum atomic E-state index is 13.2. The average Bonchev–Trinajstić information content (AvgIpc) is 3.09. The van der Waals surface area contributed by atoms with Gasteiger partial charge in [0.25, 0.3) is 5.91 Å². The topological polar surface area (TPSA) is 56.2 Å². The number of ether oxygens (including phenoxy) is 1. The van der Waals surface area contributed by atoms with Crippen molar-refractivity contribution < 1.29 is 13.9 Å². The van der Waals surface area contributed by atoms with Crippen LogP contribution < -0.4 is 5.32 Å². The monoisotopic (exact) mass is 405 g/mol. The Hall–Kier alpha value is -2.41. The fraction of sp³-hybridized carbons (Fsp3) is 0.158. The molecular formula is C19H14Cl2FN3O2. The van der Waals surface area contributed by atoms with Crippen molar-refractivity contribution in [2.45, 2.75) is 19.3 Å². The molecule has 4 rings (SSSR count). The van der Waals surface area contributed by atoms with Crippen molar-refractivity contribution in [1.82, 2.24) is 9.78 Å². The molecule has 2 heterocycles. The number of benzene rings is 2. The number of anilines is 1. The third-order valence-corrected chi connectivity index (χ3v) is 4.83. The van der Waals surface area contributed by atoms with Crippen LogP contribution in [0.2, 0.25) is 10.0 Å². The highest BCUT2D eigenvalue weighted by Gasteiger charge is 2.24. The second-order valence-corrected chi connectivity index (χ2v) is 6.98. The highest BCUT2D eigenvalue weighted by molar-refractivity contribution is 6.31. The Morgan fingerprint density at radius 2 is 1.96 bits per heavy atom. The third-order valence-electron chi connectivity index (χ3n) is 4.29. The molecule has 1 aliphatic rings. The second kappa shape index (κ2) is 7.31. The van der Waals surface area contributed by atoms with Gasteiger partial charge in [-0.3, -0.25) is 9.48 Å². The highest BCUT2D eigenvalue weighted by Crippen LogP contribution is 2.28. The lowest BCUT2D eigenvalue weighted by Crippen LogP contribution is -2.22. The molecule has 0 spiro atoms. The third kappa shape index (κ3) is 3.83. The first-order valence-electron chi connectivity index (χ1n) is 8.20. The van der Waals surface area contributed by atoms with E-state index >= 15 is 0 Å². The lowest BCUT2D eigenvalue weighted by molar-refractivity contribution is -0.00118. The first kappa shape index (κ1) is 18.0. The summed E-state index contributed by atoms with van der Waals surface area (Å²) in [5.41, 5.74) is 2.45. The van der Waals surface area contributed by atoms with E-state index in [0.29, 0.717) is 23.9 Å². The normalized spacial score (nSPS) is 16.0. The van der Waals surface area contributed by atoms with Gasteiger partial charge in [-0.2, -0.15) is 5.10 Å². The molecule has 0 fully saturated rings. The minimum absolute atomic E-state index is 0.0591. The molecule has 0 aliphatic carbocycles. The van der Waals surface area contributed by atoms with E-state index in [1.165, 1.54) is 18.2 Å². The van der Waals surface area contributed by atoms with Crippen LogP contribution in [0.4, 0.5) is 10.1 Å². The first-order valence-corrected chi connectivity index (χ1v) is 8.95. The van der Waals surface area contributed by atoms with Gasteiger partial charge in [0.2, 0.25) is 0 Å². The Balaban J connectivity index is 1.50. The number of fused-ring (bicyclic) bond motifs is 1. The molecule has 3 aromatic rings. The molecule has 2 aromatic carbocycles. The van der Waals surface area contributed by atoms with Crippen LogP contribution in [0.25, 0.3) is 0 Å². The molecule has 1 aromatic heterocycles.